The molecule has 12 heteroatoms. The number of aliphatic hydroxyl groups is 1. The number of hydrogen-bond acceptors (Lipinski definition) is 5. The Kier molecular flexibility index (Phi) is 4.81. The van der Waals surface area contributed by atoms with Crippen LogP contribution in [0.1, 0.15) is 12.8 Å². The van der Waals surface area contributed by atoms with E-state index >= 15 is 0 Å². The second kappa shape index (κ2) is 4.91. The number of carbonyl (C=O) groups is 1. The topological polar surface area (TPSA) is 190 Å². The van der Waals surface area contributed by atoms with Crippen LogP contribution in [0.5, 0.6) is 0 Å². The van der Waals surface area contributed by atoms with Gasteiger partial charge in [-0.1, -0.05) is 0 Å². The van der Waals surface area contributed by atoms with Gasteiger partial charge >= 0.3 is 15.2 Å². The van der Waals surface area contributed by atoms with Gasteiger partial charge in [0.25, 0.3) is 5.08 Å². The van der Waals surface area contributed by atoms with Crippen molar-refractivity contribution in [3.63, 3.8) is 0 Å². The zero-order valence-electron chi connectivity index (χ0n) is 7.85. The lowest BCUT2D eigenvalue weighted by molar-refractivity contribution is -0.121. The van der Waals surface area contributed by atoms with Gasteiger partial charge in [-0.25, -0.2) is 5.84 Å². The van der Waals surface area contributed by atoms with Crippen molar-refractivity contribution in [2.24, 2.45) is 5.84 Å². The summed E-state index contributed by atoms with van der Waals surface area (Å²) in [5.41, 5.74) is 1.58. The molecule has 16 heavy (non-hydrogen) atoms. The van der Waals surface area contributed by atoms with E-state index < -0.39 is 39.0 Å². The molecule has 0 heterocycles. The molecule has 0 fully saturated rings. The SMILES string of the molecule is NNC(=O)CCC(O)(P(=O)(O)O)P(=O)(O)O. The quantitative estimate of drug-likeness (QED) is 0.126. The van der Waals surface area contributed by atoms with Crippen LogP contribution >= 0.6 is 15.2 Å². The molecular weight excluding hydrogens is 266 g/mol. The lowest BCUT2D eigenvalue weighted by atomic mass is 10.3. The van der Waals surface area contributed by atoms with Crippen molar-refractivity contribution in [3.05, 3.63) is 0 Å². The van der Waals surface area contributed by atoms with Crippen molar-refractivity contribution in [1.82, 2.24) is 5.43 Å². The average molecular weight is 278 g/mol. The highest BCUT2D eigenvalue weighted by Crippen LogP contribution is 2.69. The lowest BCUT2D eigenvalue weighted by Crippen LogP contribution is -2.34. The summed E-state index contributed by atoms with van der Waals surface area (Å²) in [5.74, 6) is 3.72. The van der Waals surface area contributed by atoms with E-state index in [1.807, 2.05) is 0 Å². The van der Waals surface area contributed by atoms with E-state index in [0.717, 1.165) is 0 Å². The first-order chi connectivity index (χ1) is 6.95. The maximum atomic E-state index is 10.8. The lowest BCUT2D eigenvalue weighted by Gasteiger charge is -2.28. The number of carbonyl (C=O) groups excluding carboxylic acids is 1. The smallest absolute Gasteiger partial charge is 0.368 e. The Hall–Kier alpha value is -0.310. The molecule has 96 valence electrons. The second-order valence-corrected chi connectivity index (χ2v) is 6.94. The molecule has 0 radical (unpaired) electrons. The molecule has 0 aromatic heterocycles. The Balaban J connectivity index is 5.08. The summed E-state index contributed by atoms with van der Waals surface area (Å²) in [6.45, 7) is 0. The predicted molar refractivity (Wildman–Crippen MR) is 50.6 cm³/mol. The van der Waals surface area contributed by atoms with Crippen LogP contribution in [-0.4, -0.2) is 35.7 Å². The fourth-order valence-electron chi connectivity index (χ4n) is 0.814. The van der Waals surface area contributed by atoms with E-state index in [1.165, 1.54) is 0 Å². The van der Waals surface area contributed by atoms with Crippen LogP contribution in [0, 0.1) is 0 Å². The highest BCUT2D eigenvalue weighted by Gasteiger charge is 2.58. The Bertz CT molecular complexity index is 335. The number of rotatable bonds is 5. The molecule has 0 saturated carbocycles. The van der Waals surface area contributed by atoms with Crippen LogP contribution in [-0.2, 0) is 13.9 Å². The first kappa shape index (κ1) is 15.7. The summed E-state index contributed by atoms with van der Waals surface area (Å²) in [4.78, 5) is 45.3. The molecule has 0 bridgehead atoms. The second-order valence-electron chi connectivity index (χ2n) is 2.93. The number of nitrogens with one attached hydrogen (secondary N) is 1. The minimum atomic E-state index is -5.50. The Morgan fingerprint density at radius 1 is 1.19 bits per heavy atom. The summed E-state index contributed by atoms with van der Waals surface area (Å²) < 4.78 is 21.6. The van der Waals surface area contributed by atoms with Gasteiger partial charge in [0.05, 0.1) is 0 Å². The van der Waals surface area contributed by atoms with Crippen molar-refractivity contribution in [3.8, 4) is 0 Å². The summed E-state index contributed by atoms with van der Waals surface area (Å²) in [5, 5.41) is 5.70. The number of hydrogen-bond donors (Lipinski definition) is 7. The van der Waals surface area contributed by atoms with Crippen LogP contribution in [0.3, 0.4) is 0 Å². The van der Waals surface area contributed by atoms with E-state index in [9.17, 15) is 19.0 Å². The Morgan fingerprint density at radius 3 is 1.81 bits per heavy atom. The van der Waals surface area contributed by atoms with Crippen molar-refractivity contribution in [2.45, 2.75) is 17.9 Å². The molecule has 0 aromatic rings. The molecule has 1 amide bonds. The highest BCUT2D eigenvalue weighted by molar-refractivity contribution is 7.72. The van der Waals surface area contributed by atoms with Gasteiger partial charge in [0.2, 0.25) is 5.91 Å². The van der Waals surface area contributed by atoms with Crippen molar-refractivity contribution < 1.29 is 38.6 Å². The van der Waals surface area contributed by atoms with Crippen LogP contribution in [0.2, 0.25) is 0 Å². The first-order valence-electron chi connectivity index (χ1n) is 3.79. The van der Waals surface area contributed by atoms with Crippen LogP contribution in [0.4, 0.5) is 0 Å². The largest absolute Gasteiger partial charge is 0.369 e. The van der Waals surface area contributed by atoms with Gasteiger partial charge in [0, 0.05) is 12.8 Å². The molecule has 0 atom stereocenters. The van der Waals surface area contributed by atoms with Gasteiger partial charge < -0.3 is 24.7 Å². The maximum Gasteiger partial charge on any atom is 0.369 e. The van der Waals surface area contributed by atoms with Gasteiger partial charge in [-0.15, -0.1) is 0 Å². The van der Waals surface area contributed by atoms with Gasteiger partial charge in [0.15, 0.2) is 0 Å². The summed E-state index contributed by atoms with van der Waals surface area (Å²) in [6, 6.07) is 0. The van der Waals surface area contributed by atoms with E-state index in [-0.39, 0.29) is 0 Å². The third-order valence-corrected chi connectivity index (χ3v) is 5.66. The molecule has 0 spiro atoms. The third-order valence-electron chi connectivity index (χ3n) is 1.78. The van der Waals surface area contributed by atoms with E-state index in [0.29, 0.717) is 0 Å². The van der Waals surface area contributed by atoms with Crippen molar-refractivity contribution in [2.75, 3.05) is 0 Å². The third kappa shape index (κ3) is 3.34. The molecule has 10 nitrogen and oxygen atoms in total. The fourth-order valence-corrected chi connectivity index (χ4v) is 2.98. The van der Waals surface area contributed by atoms with Crippen molar-refractivity contribution >= 4 is 21.1 Å². The zero-order chi connectivity index (χ0) is 13.2. The predicted octanol–water partition coefficient (Wildman–Crippen LogP) is -2.24. The molecule has 0 unspecified atom stereocenters. The maximum absolute atomic E-state index is 10.8. The molecule has 8 N–H and O–H groups in total. The Morgan fingerprint density at radius 2 is 1.56 bits per heavy atom. The monoisotopic (exact) mass is 278 g/mol. The van der Waals surface area contributed by atoms with Gasteiger partial charge in [0.1, 0.15) is 0 Å². The number of hydrazine groups is 1. The molecule has 0 aromatic carbocycles. The molecule has 0 aliphatic carbocycles. The van der Waals surface area contributed by atoms with Crippen LogP contribution < -0.4 is 11.3 Å². The van der Waals surface area contributed by atoms with E-state index in [2.05, 4.69) is 5.84 Å². The fraction of sp³-hybridized carbons (Fsp3) is 0.750. The molecule has 0 saturated heterocycles. The summed E-state index contributed by atoms with van der Waals surface area (Å²) >= 11 is 0. The van der Waals surface area contributed by atoms with Gasteiger partial charge in [-0.2, -0.15) is 0 Å². The zero-order valence-corrected chi connectivity index (χ0v) is 9.64. The summed E-state index contributed by atoms with van der Waals surface area (Å²) in [7, 11) is -11.0. The molecule has 0 aliphatic heterocycles. The molecule has 0 aliphatic rings. The normalized spacial score (nSPS) is 13.6. The van der Waals surface area contributed by atoms with Crippen LogP contribution in [0.15, 0.2) is 0 Å². The number of amides is 1. The molecule has 0 rings (SSSR count). The van der Waals surface area contributed by atoms with E-state index in [1.54, 1.807) is 5.43 Å². The average Bonchev–Trinajstić information content (AvgIpc) is 2.09. The van der Waals surface area contributed by atoms with Gasteiger partial charge in [-0.05, 0) is 0 Å². The minimum Gasteiger partial charge on any atom is -0.368 e. The van der Waals surface area contributed by atoms with Crippen molar-refractivity contribution in [1.29, 1.82) is 0 Å². The minimum absolute atomic E-state index is 0.747. The highest BCUT2D eigenvalue weighted by atomic mass is 31.2. The summed E-state index contributed by atoms with van der Waals surface area (Å²) in [6.07, 6.45) is -1.87. The Labute approximate surface area is 89.8 Å². The van der Waals surface area contributed by atoms with E-state index in [4.69, 9.17) is 19.6 Å². The standard InChI is InChI=1S/C4H12N2O8P2/c5-6-3(7)1-2-4(8,15(9,10)11)16(12,13)14/h8H,1-2,5H2,(H,6,7)(H2,9,10,11)(H2,12,13,14). The number of nitrogens with two attached hydrogens (primary N) is 1. The van der Waals surface area contributed by atoms with Gasteiger partial charge in [-0.3, -0.25) is 19.4 Å². The van der Waals surface area contributed by atoms with Crippen LogP contribution in [0.25, 0.3) is 0 Å². The molecular formula is C4H12N2O8P2. The first-order valence-corrected chi connectivity index (χ1v) is 7.01.